The Morgan fingerprint density at radius 2 is 1.23 bits per heavy atom. The third-order valence-corrected chi connectivity index (χ3v) is 12.0. The summed E-state index contributed by atoms with van der Waals surface area (Å²) in [6.45, 7) is 16.6. The van der Waals surface area contributed by atoms with Crippen LogP contribution in [0.2, 0.25) is 16.6 Å². The van der Waals surface area contributed by atoms with Crippen molar-refractivity contribution in [3.63, 3.8) is 0 Å². The molecule has 22 heavy (non-hydrogen) atoms. The third kappa shape index (κ3) is 2.81. The molecule has 0 saturated carbocycles. The van der Waals surface area contributed by atoms with Gasteiger partial charge in [-0.05, 0) is 46.9 Å². The Kier molecular flexibility index (Phi) is 5.01. The first-order chi connectivity index (χ1) is 10.3. The molecule has 0 atom stereocenters. The van der Waals surface area contributed by atoms with Crippen LogP contribution in [0.1, 0.15) is 47.1 Å². The van der Waals surface area contributed by atoms with Crippen LogP contribution >= 0.6 is 0 Å². The third-order valence-electron chi connectivity index (χ3n) is 5.30. The fourth-order valence-electron chi connectivity index (χ4n) is 4.45. The van der Waals surface area contributed by atoms with Crippen molar-refractivity contribution in [1.82, 2.24) is 4.23 Å². The van der Waals surface area contributed by atoms with E-state index in [1.54, 1.807) is 0 Å². The van der Waals surface area contributed by atoms with Crippen LogP contribution in [0.5, 0.6) is 0 Å². The summed E-state index contributed by atoms with van der Waals surface area (Å²) in [5.74, 6) is 0. The van der Waals surface area contributed by atoms with Crippen molar-refractivity contribution in [3.05, 3.63) is 48.3 Å². The van der Waals surface area contributed by atoms with Crippen LogP contribution in [-0.4, -0.2) is 12.5 Å². The van der Waals surface area contributed by atoms with Gasteiger partial charge in [0.05, 0.1) is 0 Å². The largest absolute Gasteiger partial charge is 0.379 e. The predicted molar refractivity (Wildman–Crippen MR) is 101 cm³/mol. The number of aromatic nitrogens is 1. The maximum atomic E-state index is 2.61. The van der Waals surface area contributed by atoms with E-state index in [-0.39, 0.29) is 0 Å². The molecule has 0 bridgehead atoms. The van der Waals surface area contributed by atoms with Crippen LogP contribution < -0.4 is 0 Å². The smallest absolute Gasteiger partial charge is 0.168 e. The Balaban J connectivity index is 2.49. The van der Waals surface area contributed by atoms with Crippen molar-refractivity contribution < 1.29 is 0 Å². The lowest BCUT2D eigenvalue weighted by Crippen LogP contribution is -2.51. The van der Waals surface area contributed by atoms with E-state index in [9.17, 15) is 0 Å². The summed E-state index contributed by atoms with van der Waals surface area (Å²) >= 11 is 0. The summed E-state index contributed by atoms with van der Waals surface area (Å²) in [7, 11) is -1.61. The maximum Gasteiger partial charge on any atom is 0.168 e. The molecule has 1 nitrogen and oxygen atoms in total. The van der Waals surface area contributed by atoms with Gasteiger partial charge in [0, 0.05) is 6.20 Å². The van der Waals surface area contributed by atoms with Gasteiger partial charge in [0.25, 0.3) is 0 Å². The Bertz CT molecular complexity index is 583. The van der Waals surface area contributed by atoms with Crippen LogP contribution in [0.15, 0.2) is 42.7 Å². The number of aryl methyl sites for hydroxylation is 1. The molecule has 0 radical (unpaired) electrons. The molecule has 2 heteroatoms. The molecule has 1 aromatic heterocycles. The molecule has 120 valence electrons. The summed E-state index contributed by atoms with van der Waals surface area (Å²) in [6.07, 6.45) is 4.73. The molecule has 0 fully saturated rings. The number of rotatable bonds is 5. The minimum atomic E-state index is -1.61. The van der Waals surface area contributed by atoms with Crippen LogP contribution in [0.3, 0.4) is 0 Å². The number of benzene rings is 1. The predicted octanol–water partition coefficient (Wildman–Crippen LogP) is 6.49. The molecule has 0 amide bonds. The van der Waals surface area contributed by atoms with Gasteiger partial charge in [-0.2, -0.15) is 0 Å². The van der Waals surface area contributed by atoms with Crippen molar-refractivity contribution in [2.24, 2.45) is 0 Å². The van der Waals surface area contributed by atoms with E-state index >= 15 is 0 Å². The van der Waals surface area contributed by atoms with Crippen LogP contribution in [0.4, 0.5) is 0 Å². The lowest BCUT2D eigenvalue weighted by Gasteiger charge is -2.44. The monoisotopic (exact) mass is 313 g/mol. The van der Waals surface area contributed by atoms with E-state index in [4.69, 9.17) is 0 Å². The van der Waals surface area contributed by atoms with Gasteiger partial charge in [0.15, 0.2) is 8.24 Å². The fraction of sp³-hybridized carbons (Fsp3) is 0.500. The van der Waals surface area contributed by atoms with Gasteiger partial charge in [-0.25, -0.2) is 0 Å². The first-order valence-electron chi connectivity index (χ1n) is 8.55. The summed E-state index contributed by atoms with van der Waals surface area (Å²) in [4.78, 5) is 0. The molecule has 0 unspecified atom stereocenters. The lowest BCUT2D eigenvalue weighted by atomic mass is 10.1. The first-order valence-corrected chi connectivity index (χ1v) is 10.7. The van der Waals surface area contributed by atoms with Crippen molar-refractivity contribution in [3.8, 4) is 11.1 Å². The first kappa shape index (κ1) is 17.1. The average molecular weight is 314 g/mol. The Morgan fingerprint density at radius 1 is 0.727 bits per heavy atom. The second-order valence-corrected chi connectivity index (χ2v) is 13.3. The molecular formula is C20H31NSi. The Hall–Kier alpha value is -1.28. The summed E-state index contributed by atoms with van der Waals surface area (Å²) < 4.78 is 2.61. The minimum Gasteiger partial charge on any atom is -0.379 e. The van der Waals surface area contributed by atoms with Gasteiger partial charge in [-0.15, -0.1) is 0 Å². The van der Waals surface area contributed by atoms with Gasteiger partial charge in [-0.1, -0.05) is 71.4 Å². The standard InChI is InChI=1S/C20H31NSi/c1-15(2)22(16(3)4,17(5)6)21-13-12-20(14-21)19-10-8-18(7)9-11-19/h8-17H,1-7H3. The second kappa shape index (κ2) is 6.45. The highest BCUT2D eigenvalue weighted by Gasteiger charge is 2.44. The zero-order valence-electron chi connectivity index (χ0n) is 15.2. The van der Waals surface area contributed by atoms with Crippen LogP contribution in [-0.2, 0) is 0 Å². The van der Waals surface area contributed by atoms with Gasteiger partial charge in [0.1, 0.15) is 0 Å². The van der Waals surface area contributed by atoms with Crippen LogP contribution in [0.25, 0.3) is 11.1 Å². The minimum absolute atomic E-state index is 0.728. The summed E-state index contributed by atoms with van der Waals surface area (Å²) in [5.41, 5.74) is 6.17. The molecule has 0 spiro atoms. The molecule has 0 aliphatic rings. The van der Waals surface area contributed by atoms with E-state index in [1.807, 2.05) is 0 Å². The fourth-order valence-corrected chi connectivity index (χ4v) is 10.9. The molecule has 2 aromatic rings. The average Bonchev–Trinajstić information content (AvgIpc) is 2.88. The molecule has 0 N–H and O–H groups in total. The van der Waals surface area contributed by atoms with E-state index in [2.05, 4.69) is 95.4 Å². The summed E-state index contributed by atoms with van der Waals surface area (Å²) in [5, 5.41) is 0. The number of nitrogens with zero attached hydrogens (tertiary/aromatic N) is 1. The van der Waals surface area contributed by atoms with Crippen molar-refractivity contribution in [2.75, 3.05) is 0 Å². The van der Waals surface area contributed by atoms with E-state index < -0.39 is 8.24 Å². The van der Waals surface area contributed by atoms with Gasteiger partial charge in [0.2, 0.25) is 0 Å². The van der Waals surface area contributed by atoms with Crippen molar-refractivity contribution in [2.45, 2.75) is 65.1 Å². The highest BCUT2D eigenvalue weighted by molar-refractivity contribution is 6.82. The van der Waals surface area contributed by atoms with Gasteiger partial charge < -0.3 is 4.23 Å². The van der Waals surface area contributed by atoms with E-state index in [1.165, 1.54) is 16.7 Å². The Labute approximate surface area is 137 Å². The van der Waals surface area contributed by atoms with E-state index in [0.29, 0.717) is 0 Å². The topological polar surface area (TPSA) is 4.93 Å². The quantitative estimate of drug-likeness (QED) is 0.556. The van der Waals surface area contributed by atoms with Crippen molar-refractivity contribution >= 4 is 8.24 Å². The normalized spacial score (nSPS) is 12.6. The van der Waals surface area contributed by atoms with E-state index in [0.717, 1.165) is 16.6 Å². The molecule has 0 aliphatic carbocycles. The second-order valence-electron chi connectivity index (χ2n) is 7.52. The number of hydrogen-bond donors (Lipinski definition) is 0. The maximum absolute atomic E-state index is 2.61. The molecule has 0 aliphatic heterocycles. The SMILES string of the molecule is Cc1ccc(-c2ccn([Si](C(C)C)(C(C)C)C(C)C)c2)cc1. The zero-order valence-corrected chi connectivity index (χ0v) is 16.2. The highest BCUT2D eigenvalue weighted by atomic mass is 28.3. The molecule has 1 heterocycles. The highest BCUT2D eigenvalue weighted by Crippen LogP contribution is 2.43. The Morgan fingerprint density at radius 3 is 1.68 bits per heavy atom. The van der Waals surface area contributed by atoms with Gasteiger partial charge in [-0.3, -0.25) is 0 Å². The summed E-state index contributed by atoms with van der Waals surface area (Å²) in [6, 6.07) is 11.2. The van der Waals surface area contributed by atoms with Gasteiger partial charge >= 0.3 is 0 Å². The molecule has 1 aromatic carbocycles. The molecule has 2 rings (SSSR count). The zero-order chi connectivity index (χ0) is 16.5. The molecule has 0 saturated heterocycles. The van der Waals surface area contributed by atoms with Crippen LogP contribution in [0, 0.1) is 6.92 Å². The lowest BCUT2D eigenvalue weighted by molar-refractivity contribution is 0.766. The number of hydrogen-bond acceptors (Lipinski definition) is 0. The molecular weight excluding hydrogens is 282 g/mol. The van der Waals surface area contributed by atoms with Crippen molar-refractivity contribution in [1.29, 1.82) is 0 Å².